The van der Waals surface area contributed by atoms with Crippen LogP contribution in [0.15, 0.2) is 42.5 Å². The number of hydrogen-bond acceptors (Lipinski definition) is 1. The highest BCUT2D eigenvalue weighted by molar-refractivity contribution is 6.21. The minimum Gasteiger partial charge on any atom is -0.491 e. The van der Waals surface area contributed by atoms with E-state index >= 15 is 8.78 Å². The van der Waals surface area contributed by atoms with Gasteiger partial charge in [-0.2, -0.15) is 8.78 Å². The summed E-state index contributed by atoms with van der Waals surface area (Å²) in [6.07, 6.45) is 0. The molecule has 5 rings (SSSR count). The Morgan fingerprint density at radius 3 is 1.29 bits per heavy atom. The van der Waals surface area contributed by atoms with Gasteiger partial charge in [-0.1, -0.05) is 30.3 Å². The van der Waals surface area contributed by atoms with E-state index in [4.69, 9.17) is 0 Å². The van der Waals surface area contributed by atoms with Gasteiger partial charge in [0.05, 0.1) is 18.2 Å². The van der Waals surface area contributed by atoms with Gasteiger partial charge in [-0.25, -0.2) is 35.1 Å². The Bertz CT molecular complexity index is 1760. The third-order valence-corrected chi connectivity index (χ3v) is 6.12. The van der Waals surface area contributed by atoms with Crippen LogP contribution in [-0.2, 0) is 0 Å². The van der Waals surface area contributed by atoms with Gasteiger partial charge in [0.2, 0.25) is 17.5 Å². The summed E-state index contributed by atoms with van der Waals surface area (Å²) < 4.78 is 150. The van der Waals surface area contributed by atoms with Gasteiger partial charge in [0, 0.05) is 11.1 Å². The number of benzene rings is 5. The van der Waals surface area contributed by atoms with Crippen molar-refractivity contribution in [1.29, 1.82) is 0 Å². The molecule has 0 unspecified atom stereocenters. The molecular weight excluding hydrogens is 530 g/mol. The molecule has 0 radical (unpaired) electrons. The molecule has 5 aromatic rings. The molecule has 0 spiro atoms. The molecule has 0 fully saturated rings. The Balaban J connectivity index is 2.09. The van der Waals surface area contributed by atoms with Crippen LogP contribution in [0, 0.1) is 58.2 Å². The maximum absolute atomic E-state index is 15.2. The summed E-state index contributed by atoms with van der Waals surface area (Å²) in [7, 11) is 0.763. The maximum Gasteiger partial charge on any atom is 0.204 e. The molecule has 0 aliphatic rings. The van der Waals surface area contributed by atoms with Crippen LogP contribution >= 0.6 is 0 Å². The van der Waals surface area contributed by atoms with Crippen LogP contribution < -0.4 is 4.74 Å². The first-order chi connectivity index (χ1) is 18.0. The van der Waals surface area contributed by atoms with E-state index in [0.29, 0.717) is 6.07 Å². The van der Waals surface area contributed by atoms with E-state index in [1.54, 1.807) is 0 Å². The zero-order valence-corrected chi connectivity index (χ0v) is 18.7. The fourth-order valence-corrected chi connectivity index (χ4v) is 4.52. The van der Waals surface area contributed by atoms with Gasteiger partial charge in [0.1, 0.15) is 5.82 Å². The fourth-order valence-electron chi connectivity index (χ4n) is 4.52. The Labute approximate surface area is 206 Å². The van der Waals surface area contributed by atoms with Crippen molar-refractivity contribution in [3.8, 4) is 28.0 Å². The normalized spacial score (nSPS) is 11.6. The number of hydrogen-bond donors (Lipinski definition) is 0. The van der Waals surface area contributed by atoms with Gasteiger partial charge in [0.25, 0.3) is 0 Å². The fraction of sp³-hybridized carbons (Fsp3) is 0.0370. The molecule has 11 heteroatoms. The molecule has 0 heterocycles. The monoisotopic (exact) mass is 540 g/mol. The number of rotatable bonds is 3. The highest BCUT2D eigenvalue weighted by atomic mass is 19.2. The molecule has 0 saturated heterocycles. The second-order valence-corrected chi connectivity index (χ2v) is 8.09. The molecule has 0 aliphatic heterocycles. The van der Waals surface area contributed by atoms with Gasteiger partial charge >= 0.3 is 0 Å². The van der Waals surface area contributed by atoms with Gasteiger partial charge in [-0.05, 0) is 33.7 Å². The van der Waals surface area contributed by atoms with Gasteiger partial charge < -0.3 is 4.74 Å². The second kappa shape index (κ2) is 8.93. The van der Waals surface area contributed by atoms with E-state index in [9.17, 15) is 35.1 Å². The molecule has 38 heavy (non-hydrogen) atoms. The summed E-state index contributed by atoms with van der Waals surface area (Å²) in [4.78, 5) is 0. The molecule has 0 amide bonds. The highest BCUT2D eigenvalue weighted by Gasteiger charge is 2.33. The average Bonchev–Trinajstić information content (AvgIpc) is 2.91. The number of halogens is 10. The lowest BCUT2D eigenvalue weighted by Gasteiger charge is -2.20. The summed E-state index contributed by atoms with van der Waals surface area (Å²) in [6, 6.07) is 7.07. The third kappa shape index (κ3) is 3.41. The minimum atomic E-state index is -2.42. The Hall–Kier alpha value is -4.28. The van der Waals surface area contributed by atoms with E-state index in [-0.39, 0.29) is 10.8 Å². The summed E-state index contributed by atoms with van der Waals surface area (Å²) in [5.41, 5.74) is -3.98. The smallest absolute Gasteiger partial charge is 0.204 e. The molecular formula is C27H10F10O. The van der Waals surface area contributed by atoms with Gasteiger partial charge in [0.15, 0.2) is 40.7 Å². The molecule has 5 aromatic carbocycles. The Morgan fingerprint density at radius 2 is 0.816 bits per heavy atom. The zero-order valence-electron chi connectivity index (χ0n) is 18.7. The molecule has 1 nitrogen and oxygen atoms in total. The lowest BCUT2D eigenvalue weighted by Crippen LogP contribution is -2.06. The number of fused-ring (bicyclic) bond motifs is 2. The third-order valence-electron chi connectivity index (χ3n) is 6.12. The van der Waals surface area contributed by atoms with Crippen LogP contribution in [0.1, 0.15) is 0 Å². The van der Waals surface area contributed by atoms with Crippen LogP contribution in [0.3, 0.4) is 0 Å². The standard InChI is InChI=1S/C27H10F10O/c1-38-27-25(36)20(31)17(21(32)26(27)37)15-11-5-3-2-4-10(11)14(12-7-6-9(28)8-13(12)15)16-18(29)22(33)24(35)23(34)19(16)30/h2-8H,1H3. The first-order valence-electron chi connectivity index (χ1n) is 10.6. The van der Waals surface area contributed by atoms with E-state index in [0.717, 1.165) is 31.4 Å². The van der Waals surface area contributed by atoms with Crippen molar-refractivity contribution >= 4 is 21.5 Å². The Kier molecular flexibility index (Phi) is 5.96. The van der Waals surface area contributed by atoms with E-state index in [2.05, 4.69) is 4.74 Å². The number of ether oxygens (including phenoxy) is 1. The van der Waals surface area contributed by atoms with E-state index in [1.807, 2.05) is 0 Å². The van der Waals surface area contributed by atoms with Crippen molar-refractivity contribution in [2.24, 2.45) is 0 Å². The van der Waals surface area contributed by atoms with Crippen molar-refractivity contribution in [2.45, 2.75) is 0 Å². The van der Waals surface area contributed by atoms with Crippen LogP contribution in [0.4, 0.5) is 43.9 Å². The maximum atomic E-state index is 15.2. The zero-order chi connectivity index (χ0) is 27.6. The van der Waals surface area contributed by atoms with E-state index < -0.39 is 96.9 Å². The summed E-state index contributed by atoms with van der Waals surface area (Å²) in [6.45, 7) is 0. The molecule has 0 aromatic heterocycles. The van der Waals surface area contributed by atoms with Crippen LogP contribution in [0.25, 0.3) is 43.8 Å². The minimum absolute atomic E-state index is 0.319. The summed E-state index contributed by atoms with van der Waals surface area (Å²) >= 11 is 0. The van der Waals surface area contributed by atoms with Crippen LogP contribution in [0.5, 0.6) is 5.75 Å². The number of methoxy groups -OCH3 is 1. The lowest BCUT2D eigenvalue weighted by atomic mass is 9.85. The molecule has 0 N–H and O–H groups in total. The lowest BCUT2D eigenvalue weighted by molar-refractivity contribution is 0.334. The van der Waals surface area contributed by atoms with Crippen molar-refractivity contribution in [2.75, 3.05) is 7.11 Å². The summed E-state index contributed by atoms with van der Waals surface area (Å²) in [5.74, 6) is -21.5. The van der Waals surface area contributed by atoms with Crippen molar-refractivity contribution in [1.82, 2.24) is 0 Å². The second-order valence-electron chi connectivity index (χ2n) is 8.09. The summed E-state index contributed by atoms with van der Waals surface area (Å²) in [5, 5.41) is -1.63. The van der Waals surface area contributed by atoms with Crippen LogP contribution in [0.2, 0.25) is 0 Å². The quantitative estimate of drug-likeness (QED) is 0.0963. The average molecular weight is 540 g/mol. The van der Waals surface area contributed by atoms with Crippen molar-refractivity contribution < 1.29 is 48.6 Å². The van der Waals surface area contributed by atoms with Crippen LogP contribution in [-0.4, -0.2) is 7.11 Å². The molecule has 0 saturated carbocycles. The van der Waals surface area contributed by atoms with Crippen molar-refractivity contribution in [3.05, 3.63) is 101 Å². The predicted molar refractivity (Wildman–Crippen MR) is 118 cm³/mol. The van der Waals surface area contributed by atoms with E-state index in [1.165, 1.54) is 12.1 Å². The van der Waals surface area contributed by atoms with Gasteiger partial charge in [-0.15, -0.1) is 0 Å². The predicted octanol–water partition coefficient (Wildman–Crippen LogP) is 8.73. The highest BCUT2D eigenvalue weighted by Crippen LogP contribution is 2.48. The molecule has 0 atom stereocenters. The van der Waals surface area contributed by atoms with Crippen molar-refractivity contribution in [3.63, 3.8) is 0 Å². The molecule has 0 bridgehead atoms. The largest absolute Gasteiger partial charge is 0.491 e. The SMILES string of the molecule is COc1c(F)c(F)c(-c2c3ccccc3c(-c3c(F)c(F)c(F)c(F)c3F)c3ccc(F)cc23)c(F)c1F. The molecule has 0 aliphatic carbocycles. The first-order valence-corrected chi connectivity index (χ1v) is 10.6. The topological polar surface area (TPSA) is 9.23 Å². The first kappa shape index (κ1) is 25.4. The molecule has 194 valence electrons. The van der Waals surface area contributed by atoms with Gasteiger partial charge in [-0.3, -0.25) is 0 Å². The Morgan fingerprint density at radius 1 is 0.421 bits per heavy atom.